The normalized spacial score (nSPS) is 29.9. The van der Waals surface area contributed by atoms with Gasteiger partial charge < -0.3 is 4.74 Å². The molecule has 0 amide bonds. The highest BCUT2D eigenvalue weighted by molar-refractivity contribution is 6.32. The van der Waals surface area contributed by atoms with Gasteiger partial charge in [-0.25, -0.2) is 0 Å². The standard InChI is InChI=1S/C26H27ClO3/c1-3-14-4-9-17(18-10-11-20(27)21(13-18)30-2)12-19(14)24-25(28)22-15-5-6-16(8-7-15)23(22)26(24)29/h4,9-13,15-16,22-24H,3,5-8H2,1-2H3. The molecule has 156 valence electrons. The molecule has 0 N–H and O–H groups in total. The van der Waals surface area contributed by atoms with Crippen LogP contribution in [0.1, 0.15) is 49.7 Å². The highest BCUT2D eigenvalue weighted by atomic mass is 35.5. The number of hydrogen-bond acceptors (Lipinski definition) is 3. The smallest absolute Gasteiger partial charge is 0.151 e. The maximum atomic E-state index is 13.5. The maximum absolute atomic E-state index is 13.5. The molecule has 2 atom stereocenters. The Morgan fingerprint density at radius 1 is 0.900 bits per heavy atom. The molecule has 2 aromatic carbocycles. The fourth-order valence-electron chi connectivity index (χ4n) is 6.30. The molecule has 0 radical (unpaired) electrons. The molecule has 0 aliphatic heterocycles. The molecule has 0 aromatic heterocycles. The van der Waals surface area contributed by atoms with Crippen molar-refractivity contribution < 1.29 is 14.3 Å². The van der Waals surface area contributed by atoms with Gasteiger partial charge in [0.1, 0.15) is 11.7 Å². The number of carbonyl (C=O) groups excluding carboxylic acids is 2. The van der Waals surface area contributed by atoms with Gasteiger partial charge in [0.05, 0.1) is 12.1 Å². The van der Waals surface area contributed by atoms with Gasteiger partial charge in [-0.3, -0.25) is 9.59 Å². The molecule has 0 saturated heterocycles. The number of Topliss-reactive ketones (excluding diaryl/α,β-unsaturated/α-hetero) is 2. The number of carbonyl (C=O) groups is 2. The Morgan fingerprint density at radius 3 is 2.03 bits per heavy atom. The number of hydrogen-bond donors (Lipinski definition) is 0. The Balaban J connectivity index is 1.58. The molecule has 4 saturated carbocycles. The third-order valence-electron chi connectivity index (χ3n) is 7.77. The van der Waals surface area contributed by atoms with Gasteiger partial charge in [-0.1, -0.05) is 36.7 Å². The largest absolute Gasteiger partial charge is 0.495 e. The van der Waals surface area contributed by atoms with Crippen molar-refractivity contribution in [3.8, 4) is 16.9 Å². The van der Waals surface area contributed by atoms with E-state index >= 15 is 0 Å². The first kappa shape index (κ1) is 19.8. The predicted octanol–water partition coefficient (Wildman–Crippen LogP) is 5.87. The number of rotatable bonds is 4. The molecule has 4 fully saturated rings. The summed E-state index contributed by atoms with van der Waals surface area (Å²) in [7, 11) is 1.60. The molecule has 30 heavy (non-hydrogen) atoms. The number of fused-ring (bicyclic) bond motifs is 2. The first-order valence-corrected chi connectivity index (χ1v) is 11.5. The SMILES string of the molecule is CCc1ccc(-c2ccc(Cl)c(OC)c2)cc1C1C(=O)C2C3CCC(CC3)C2C1=O. The minimum atomic E-state index is -0.592. The zero-order chi connectivity index (χ0) is 21.0. The van der Waals surface area contributed by atoms with Crippen molar-refractivity contribution in [2.75, 3.05) is 7.11 Å². The van der Waals surface area contributed by atoms with E-state index in [1.807, 2.05) is 18.2 Å². The van der Waals surface area contributed by atoms with Crippen LogP contribution in [-0.2, 0) is 16.0 Å². The van der Waals surface area contributed by atoms with Crippen LogP contribution in [0, 0.1) is 23.7 Å². The fraction of sp³-hybridized carbons (Fsp3) is 0.462. The van der Waals surface area contributed by atoms with Gasteiger partial charge in [-0.15, -0.1) is 0 Å². The zero-order valence-electron chi connectivity index (χ0n) is 17.5. The van der Waals surface area contributed by atoms with Gasteiger partial charge in [0.2, 0.25) is 0 Å². The van der Waals surface area contributed by atoms with Crippen molar-refractivity contribution in [2.45, 2.75) is 44.9 Å². The van der Waals surface area contributed by atoms with E-state index in [0.29, 0.717) is 22.6 Å². The molecule has 4 aliphatic rings. The average Bonchev–Trinajstić information content (AvgIpc) is 3.07. The van der Waals surface area contributed by atoms with Crippen LogP contribution in [0.15, 0.2) is 36.4 Å². The minimum Gasteiger partial charge on any atom is -0.495 e. The summed E-state index contributed by atoms with van der Waals surface area (Å²) >= 11 is 6.19. The lowest BCUT2D eigenvalue weighted by Crippen LogP contribution is -2.41. The van der Waals surface area contributed by atoms with Crippen LogP contribution in [-0.4, -0.2) is 18.7 Å². The fourth-order valence-corrected chi connectivity index (χ4v) is 6.50. The van der Waals surface area contributed by atoms with Crippen LogP contribution in [0.25, 0.3) is 11.1 Å². The van der Waals surface area contributed by atoms with E-state index in [0.717, 1.165) is 54.4 Å². The Kier molecular flexibility index (Phi) is 4.97. The molecule has 2 unspecified atom stereocenters. The van der Waals surface area contributed by atoms with Crippen molar-refractivity contribution in [2.24, 2.45) is 23.7 Å². The third kappa shape index (κ3) is 2.93. The lowest BCUT2D eigenvalue weighted by molar-refractivity contribution is -0.129. The number of ketones is 2. The van der Waals surface area contributed by atoms with Gasteiger partial charge >= 0.3 is 0 Å². The number of methoxy groups -OCH3 is 1. The molecule has 2 bridgehead atoms. The zero-order valence-corrected chi connectivity index (χ0v) is 18.2. The van der Waals surface area contributed by atoms with Crippen molar-refractivity contribution in [1.82, 2.24) is 0 Å². The van der Waals surface area contributed by atoms with E-state index < -0.39 is 5.92 Å². The predicted molar refractivity (Wildman–Crippen MR) is 118 cm³/mol. The Bertz CT molecular complexity index is 989. The molecular weight excluding hydrogens is 396 g/mol. The molecular formula is C26H27ClO3. The topological polar surface area (TPSA) is 43.4 Å². The Labute approximate surface area is 182 Å². The molecule has 4 heteroatoms. The molecule has 3 nitrogen and oxygen atoms in total. The summed E-state index contributed by atoms with van der Waals surface area (Å²) < 4.78 is 5.37. The number of ether oxygens (including phenoxy) is 1. The van der Waals surface area contributed by atoms with E-state index in [4.69, 9.17) is 16.3 Å². The monoisotopic (exact) mass is 422 g/mol. The van der Waals surface area contributed by atoms with Crippen LogP contribution >= 0.6 is 11.6 Å². The lowest BCUT2D eigenvalue weighted by atomic mass is 9.59. The molecule has 0 spiro atoms. The van der Waals surface area contributed by atoms with E-state index in [2.05, 4.69) is 25.1 Å². The summed E-state index contributed by atoms with van der Waals surface area (Å²) in [6.07, 6.45) is 5.26. The summed E-state index contributed by atoms with van der Waals surface area (Å²) in [4.78, 5) is 27.1. The Morgan fingerprint density at radius 2 is 1.47 bits per heavy atom. The third-order valence-corrected chi connectivity index (χ3v) is 8.08. The van der Waals surface area contributed by atoms with E-state index in [9.17, 15) is 9.59 Å². The van der Waals surface area contributed by atoms with Crippen LogP contribution in [0.5, 0.6) is 5.75 Å². The lowest BCUT2D eigenvalue weighted by Gasteiger charge is -2.43. The van der Waals surface area contributed by atoms with Gasteiger partial charge in [0.15, 0.2) is 11.6 Å². The van der Waals surface area contributed by atoms with E-state index in [1.54, 1.807) is 7.11 Å². The number of aryl methyl sites for hydroxylation is 1. The minimum absolute atomic E-state index is 0.0426. The van der Waals surface area contributed by atoms with E-state index in [-0.39, 0.29) is 23.4 Å². The summed E-state index contributed by atoms with van der Waals surface area (Å²) in [6.45, 7) is 2.09. The van der Waals surface area contributed by atoms with Gasteiger partial charge in [-0.05, 0) is 84.4 Å². The molecule has 4 aliphatic carbocycles. The number of benzene rings is 2. The highest BCUT2D eigenvalue weighted by Gasteiger charge is 2.59. The second-order valence-electron chi connectivity index (χ2n) is 9.08. The quantitative estimate of drug-likeness (QED) is 0.579. The first-order chi connectivity index (χ1) is 14.5. The highest BCUT2D eigenvalue weighted by Crippen LogP contribution is 2.56. The first-order valence-electron chi connectivity index (χ1n) is 11.1. The van der Waals surface area contributed by atoms with Gasteiger partial charge in [0.25, 0.3) is 0 Å². The summed E-state index contributed by atoms with van der Waals surface area (Å²) in [5.74, 6) is 1.12. The van der Waals surface area contributed by atoms with Crippen LogP contribution in [0.3, 0.4) is 0 Å². The summed E-state index contributed by atoms with van der Waals surface area (Å²) in [5.41, 5.74) is 3.95. The van der Waals surface area contributed by atoms with Crippen LogP contribution in [0.2, 0.25) is 5.02 Å². The van der Waals surface area contributed by atoms with Crippen molar-refractivity contribution in [1.29, 1.82) is 0 Å². The van der Waals surface area contributed by atoms with Crippen molar-refractivity contribution in [3.63, 3.8) is 0 Å². The molecule has 6 rings (SSSR count). The molecule has 0 heterocycles. The number of halogens is 1. The van der Waals surface area contributed by atoms with Gasteiger partial charge in [-0.2, -0.15) is 0 Å². The summed E-state index contributed by atoms with van der Waals surface area (Å²) in [6, 6.07) is 11.9. The Hall–Kier alpha value is -2.13. The van der Waals surface area contributed by atoms with E-state index in [1.165, 1.54) is 0 Å². The van der Waals surface area contributed by atoms with Crippen LogP contribution < -0.4 is 4.74 Å². The van der Waals surface area contributed by atoms with Crippen molar-refractivity contribution >= 4 is 23.2 Å². The second-order valence-corrected chi connectivity index (χ2v) is 9.49. The second kappa shape index (κ2) is 7.53. The maximum Gasteiger partial charge on any atom is 0.151 e. The van der Waals surface area contributed by atoms with Crippen LogP contribution in [0.4, 0.5) is 0 Å². The average molecular weight is 423 g/mol. The van der Waals surface area contributed by atoms with Gasteiger partial charge in [0, 0.05) is 11.8 Å². The summed E-state index contributed by atoms with van der Waals surface area (Å²) in [5, 5.41) is 0.562. The van der Waals surface area contributed by atoms with Crippen molar-refractivity contribution in [3.05, 3.63) is 52.5 Å². The molecule has 2 aromatic rings.